The van der Waals surface area contributed by atoms with Crippen LogP contribution in [0.5, 0.6) is 0 Å². The fourth-order valence-corrected chi connectivity index (χ4v) is 2.80. The summed E-state index contributed by atoms with van der Waals surface area (Å²) in [4.78, 5) is 11.5. The van der Waals surface area contributed by atoms with E-state index in [2.05, 4.69) is 0 Å². The molecule has 2 N–H and O–H groups in total. The molecule has 0 unspecified atom stereocenters. The number of aromatic nitrogens is 1. The molecule has 20 heavy (non-hydrogen) atoms. The molecule has 0 spiro atoms. The average Bonchev–Trinajstić information content (AvgIpc) is 2.75. The number of methoxy groups -OCH3 is 1. The van der Waals surface area contributed by atoms with Gasteiger partial charge in [-0.3, -0.25) is 9.47 Å². The maximum Gasteiger partial charge on any atom is 0.311 e. The lowest BCUT2D eigenvalue weighted by atomic mass is 9.86. The Bertz CT molecular complexity index is 691. The Balaban J connectivity index is 2.17. The first-order valence-electron chi connectivity index (χ1n) is 6.44. The molecule has 0 fully saturated rings. The number of halogens is 1. The number of carbonyl (C=O) groups excluding carboxylic acids is 1. The number of nitrogens with two attached hydrogens (primary N) is 1. The summed E-state index contributed by atoms with van der Waals surface area (Å²) in [6, 6.07) is 4.76. The maximum atomic E-state index is 13.5. The van der Waals surface area contributed by atoms with Gasteiger partial charge < -0.3 is 10.6 Å². The van der Waals surface area contributed by atoms with E-state index >= 15 is 0 Å². The molecule has 0 atom stereocenters. The van der Waals surface area contributed by atoms with Gasteiger partial charge in [0.05, 0.1) is 19.2 Å². The largest absolute Gasteiger partial charge is 0.469 e. The first-order valence-corrected chi connectivity index (χ1v) is 6.44. The Morgan fingerprint density at radius 1 is 1.40 bits per heavy atom. The van der Waals surface area contributed by atoms with Gasteiger partial charge in [0.15, 0.2) is 0 Å². The number of benzene rings is 1. The zero-order chi connectivity index (χ0) is 14.3. The molecule has 0 amide bonds. The summed E-state index contributed by atoms with van der Waals surface area (Å²) in [5.74, 6) is 5.29. The highest BCUT2D eigenvalue weighted by molar-refractivity contribution is 5.81. The van der Waals surface area contributed by atoms with Crippen LogP contribution in [0.3, 0.4) is 0 Å². The number of ether oxygens (including phenoxy) is 1. The molecule has 4 nitrogen and oxygen atoms in total. The van der Waals surface area contributed by atoms with E-state index in [1.165, 1.54) is 23.9 Å². The van der Waals surface area contributed by atoms with Crippen LogP contribution in [0.15, 0.2) is 24.4 Å². The van der Waals surface area contributed by atoms with Crippen LogP contribution >= 0.6 is 0 Å². The van der Waals surface area contributed by atoms with Crippen LogP contribution in [0.4, 0.5) is 4.39 Å². The molecule has 104 valence electrons. The lowest BCUT2D eigenvalue weighted by Gasteiger charge is -2.18. The zero-order valence-corrected chi connectivity index (χ0v) is 11.1. The standard InChI is InChI=1S/C15H15FN2O2/c1-20-14(19)7-13-15-10(8-18(13)17)3-2-9-4-5-11(16)6-12(9)15/h4-6,8H,2-3,7,17H2,1H3. The summed E-state index contributed by atoms with van der Waals surface area (Å²) in [6.45, 7) is 0. The fourth-order valence-electron chi connectivity index (χ4n) is 2.80. The van der Waals surface area contributed by atoms with E-state index in [-0.39, 0.29) is 18.2 Å². The van der Waals surface area contributed by atoms with Gasteiger partial charge in [-0.05, 0) is 41.7 Å². The number of rotatable bonds is 2. The number of fused-ring (bicyclic) bond motifs is 3. The van der Waals surface area contributed by atoms with Crippen molar-refractivity contribution in [2.45, 2.75) is 19.3 Å². The molecular formula is C15H15FN2O2. The van der Waals surface area contributed by atoms with Crippen molar-refractivity contribution in [3.63, 3.8) is 0 Å². The molecule has 1 aliphatic carbocycles. The molecule has 3 rings (SSSR count). The lowest BCUT2D eigenvalue weighted by molar-refractivity contribution is -0.139. The van der Waals surface area contributed by atoms with Gasteiger partial charge in [-0.1, -0.05) is 6.07 Å². The molecule has 0 bridgehead atoms. The first kappa shape index (κ1) is 12.7. The van der Waals surface area contributed by atoms with Crippen LogP contribution < -0.4 is 5.84 Å². The second kappa shape index (κ2) is 4.67. The van der Waals surface area contributed by atoms with Gasteiger partial charge in [-0.2, -0.15) is 0 Å². The summed E-state index contributed by atoms with van der Waals surface area (Å²) < 4.78 is 19.7. The highest BCUT2D eigenvalue weighted by Crippen LogP contribution is 2.37. The number of aryl methyl sites for hydroxylation is 2. The Kier molecular flexibility index (Phi) is 2.97. The lowest BCUT2D eigenvalue weighted by Crippen LogP contribution is -2.16. The molecule has 1 aromatic heterocycles. The van der Waals surface area contributed by atoms with E-state index in [9.17, 15) is 9.18 Å². The average molecular weight is 274 g/mol. The Morgan fingerprint density at radius 2 is 2.15 bits per heavy atom. The molecule has 0 aliphatic heterocycles. The number of hydrogen-bond donors (Lipinski definition) is 1. The minimum atomic E-state index is -0.360. The van der Waals surface area contributed by atoms with Gasteiger partial charge >= 0.3 is 5.97 Å². The Labute approximate surface area is 115 Å². The third kappa shape index (κ3) is 1.95. The number of nitrogens with zero attached hydrogens (tertiary/aromatic N) is 1. The Morgan fingerprint density at radius 3 is 2.90 bits per heavy atom. The second-order valence-electron chi connectivity index (χ2n) is 4.94. The van der Waals surface area contributed by atoms with E-state index in [4.69, 9.17) is 10.6 Å². The van der Waals surface area contributed by atoms with Crippen molar-refractivity contribution in [3.8, 4) is 11.1 Å². The predicted octanol–water partition coefficient (Wildman–Crippen LogP) is 1.82. The third-order valence-electron chi connectivity index (χ3n) is 3.76. The van der Waals surface area contributed by atoms with Crippen molar-refractivity contribution < 1.29 is 13.9 Å². The van der Waals surface area contributed by atoms with Crippen LogP contribution in [0.25, 0.3) is 11.1 Å². The van der Waals surface area contributed by atoms with E-state index in [1.807, 2.05) is 0 Å². The molecule has 0 saturated carbocycles. The van der Waals surface area contributed by atoms with Gasteiger partial charge in [-0.15, -0.1) is 0 Å². The summed E-state index contributed by atoms with van der Waals surface area (Å²) in [7, 11) is 1.34. The van der Waals surface area contributed by atoms with Gasteiger partial charge in [0.25, 0.3) is 0 Å². The summed E-state index contributed by atoms with van der Waals surface area (Å²) >= 11 is 0. The summed E-state index contributed by atoms with van der Waals surface area (Å²) in [5.41, 5.74) is 4.49. The molecular weight excluding hydrogens is 259 g/mol. The van der Waals surface area contributed by atoms with Crippen LogP contribution in [-0.2, 0) is 28.8 Å². The summed E-state index contributed by atoms with van der Waals surface area (Å²) in [5, 5.41) is 0. The minimum Gasteiger partial charge on any atom is -0.469 e. The fraction of sp³-hybridized carbons (Fsp3) is 0.267. The molecule has 1 aliphatic rings. The normalized spacial score (nSPS) is 12.7. The van der Waals surface area contributed by atoms with Crippen molar-refractivity contribution in [1.29, 1.82) is 0 Å². The van der Waals surface area contributed by atoms with E-state index < -0.39 is 0 Å². The van der Waals surface area contributed by atoms with Crippen molar-refractivity contribution in [3.05, 3.63) is 47.0 Å². The molecule has 2 aromatic rings. The SMILES string of the molecule is COC(=O)Cc1c2c(cn1N)CCc1ccc(F)cc1-2. The van der Waals surface area contributed by atoms with E-state index in [0.717, 1.165) is 35.1 Å². The topological polar surface area (TPSA) is 57.2 Å². The van der Waals surface area contributed by atoms with Gasteiger partial charge in [0, 0.05) is 11.8 Å². The smallest absolute Gasteiger partial charge is 0.311 e. The van der Waals surface area contributed by atoms with E-state index in [1.54, 1.807) is 12.3 Å². The first-order chi connectivity index (χ1) is 9.60. The number of nitrogen functional groups attached to an aromatic ring is 1. The molecule has 1 aromatic carbocycles. The van der Waals surface area contributed by atoms with Gasteiger partial charge in [0.2, 0.25) is 0 Å². The zero-order valence-electron chi connectivity index (χ0n) is 11.1. The Hall–Kier alpha value is -2.30. The summed E-state index contributed by atoms with van der Waals surface area (Å²) in [6.07, 6.45) is 3.58. The monoisotopic (exact) mass is 274 g/mol. The van der Waals surface area contributed by atoms with E-state index in [0.29, 0.717) is 5.69 Å². The second-order valence-corrected chi connectivity index (χ2v) is 4.94. The number of carbonyl (C=O) groups is 1. The molecule has 0 radical (unpaired) electrons. The van der Waals surface area contributed by atoms with Crippen LogP contribution in [0, 0.1) is 5.82 Å². The predicted molar refractivity (Wildman–Crippen MR) is 73.1 cm³/mol. The van der Waals surface area contributed by atoms with Crippen LogP contribution in [-0.4, -0.2) is 17.8 Å². The van der Waals surface area contributed by atoms with Crippen molar-refractivity contribution in [2.75, 3.05) is 13.0 Å². The molecule has 0 saturated heterocycles. The highest BCUT2D eigenvalue weighted by Gasteiger charge is 2.24. The third-order valence-corrected chi connectivity index (χ3v) is 3.76. The number of esters is 1. The molecule has 5 heteroatoms. The van der Waals surface area contributed by atoms with Crippen molar-refractivity contribution in [1.82, 2.24) is 4.68 Å². The van der Waals surface area contributed by atoms with Crippen LogP contribution in [0.2, 0.25) is 0 Å². The van der Waals surface area contributed by atoms with Crippen LogP contribution in [0.1, 0.15) is 16.8 Å². The van der Waals surface area contributed by atoms with Gasteiger partial charge in [-0.25, -0.2) is 4.39 Å². The molecule has 1 heterocycles. The maximum absolute atomic E-state index is 13.5. The number of hydrogen-bond acceptors (Lipinski definition) is 3. The highest BCUT2D eigenvalue weighted by atomic mass is 19.1. The van der Waals surface area contributed by atoms with Crippen molar-refractivity contribution >= 4 is 5.97 Å². The quantitative estimate of drug-likeness (QED) is 0.671. The van der Waals surface area contributed by atoms with Gasteiger partial charge in [0.1, 0.15) is 5.82 Å². The minimum absolute atomic E-state index is 0.0816. The van der Waals surface area contributed by atoms with Crippen molar-refractivity contribution in [2.24, 2.45) is 0 Å².